The Labute approximate surface area is 192 Å². The second kappa shape index (κ2) is 9.11. The molecule has 0 bridgehead atoms. The molecular formula is C23H19ClF3N3OS. The lowest BCUT2D eigenvalue weighted by atomic mass is 9.96. The Morgan fingerprint density at radius 2 is 1.88 bits per heavy atom. The predicted molar refractivity (Wildman–Crippen MR) is 120 cm³/mol. The van der Waals surface area contributed by atoms with Gasteiger partial charge in [-0.05, 0) is 72.3 Å². The summed E-state index contributed by atoms with van der Waals surface area (Å²) in [6.07, 6.45) is 1.51. The number of methoxy groups -OCH3 is 1. The molecule has 0 saturated heterocycles. The van der Waals surface area contributed by atoms with E-state index in [9.17, 15) is 4.39 Å². The van der Waals surface area contributed by atoms with Crippen molar-refractivity contribution >= 4 is 34.2 Å². The Morgan fingerprint density at radius 3 is 2.59 bits per heavy atom. The summed E-state index contributed by atoms with van der Waals surface area (Å²) in [6.45, 7) is 2.14. The molecule has 32 heavy (non-hydrogen) atoms. The Morgan fingerprint density at radius 1 is 1.12 bits per heavy atom. The van der Waals surface area contributed by atoms with E-state index >= 15 is 8.78 Å². The van der Waals surface area contributed by atoms with Gasteiger partial charge >= 0.3 is 5.92 Å². The maximum Gasteiger partial charge on any atom is 0.315 e. The molecule has 0 spiro atoms. The van der Waals surface area contributed by atoms with Crippen LogP contribution in [-0.4, -0.2) is 22.1 Å². The SMILES string of the molecule is COc1ccc2c(c1)SC(=Nc1cc(C(F)(F)c3ccc(F)cc3)nc(Cl)n1)CCC2C. The van der Waals surface area contributed by atoms with Gasteiger partial charge < -0.3 is 4.74 Å². The molecule has 0 radical (unpaired) electrons. The zero-order chi connectivity index (χ0) is 22.9. The molecule has 0 amide bonds. The zero-order valence-electron chi connectivity index (χ0n) is 17.3. The minimum atomic E-state index is -3.49. The quantitative estimate of drug-likeness (QED) is 0.375. The number of benzene rings is 2. The molecule has 4 nitrogen and oxygen atoms in total. The standard InChI is InChI=1S/C23H19ClF3N3OS/c1-13-3-10-21(32-18-11-16(31-2)8-9-17(13)18)29-20-12-19(28-22(24)30-20)23(26,27)14-4-6-15(25)7-5-14/h4-9,11-13H,3,10H2,1-2H3. The third-order valence-electron chi connectivity index (χ3n) is 5.22. The first kappa shape index (κ1) is 22.6. The smallest absolute Gasteiger partial charge is 0.315 e. The van der Waals surface area contributed by atoms with Crippen LogP contribution in [0.1, 0.15) is 42.5 Å². The van der Waals surface area contributed by atoms with E-state index in [-0.39, 0.29) is 11.1 Å². The van der Waals surface area contributed by atoms with Crippen LogP contribution >= 0.6 is 23.4 Å². The lowest BCUT2D eigenvalue weighted by Gasteiger charge is -2.16. The topological polar surface area (TPSA) is 47.4 Å². The second-order valence-corrected chi connectivity index (χ2v) is 8.87. The van der Waals surface area contributed by atoms with Crippen molar-refractivity contribution in [2.45, 2.75) is 36.5 Å². The summed E-state index contributed by atoms with van der Waals surface area (Å²) in [5, 5.41) is 0.396. The summed E-state index contributed by atoms with van der Waals surface area (Å²) in [7, 11) is 1.60. The van der Waals surface area contributed by atoms with E-state index in [4.69, 9.17) is 16.3 Å². The number of halogens is 4. The van der Waals surface area contributed by atoms with Gasteiger partial charge in [-0.2, -0.15) is 13.8 Å². The summed E-state index contributed by atoms with van der Waals surface area (Å²) in [5.74, 6) is -3.00. The van der Waals surface area contributed by atoms with Crippen molar-refractivity contribution in [1.29, 1.82) is 0 Å². The summed E-state index contributed by atoms with van der Waals surface area (Å²) in [6, 6.07) is 11.0. The van der Waals surface area contributed by atoms with Crippen LogP contribution in [-0.2, 0) is 5.92 Å². The van der Waals surface area contributed by atoms with Gasteiger partial charge in [-0.3, -0.25) is 0 Å². The van der Waals surface area contributed by atoms with Crippen LogP contribution in [0.4, 0.5) is 19.0 Å². The first-order valence-corrected chi connectivity index (χ1v) is 11.1. The molecule has 0 aliphatic carbocycles. The molecular weight excluding hydrogens is 459 g/mol. The minimum Gasteiger partial charge on any atom is -0.497 e. The number of nitrogens with zero attached hydrogens (tertiary/aromatic N) is 3. The monoisotopic (exact) mass is 477 g/mol. The van der Waals surface area contributed by atoms with Crippen LogP contribution in [0.3, 0.4) is 0 Å². The number of rotatable bonds is 4. The summed E-state index contributed by atoms with van der Waals surface area (Å²) in [4.78, 5) is 13.3. The van der Waals surface area contributed by atoms with Crippen molar-refractivity contribution < 1.29 is 17.9 Å². The minimum absolute atomic E-state index is 0.0447. The highest BCUT2D eigenvalue weighted by Crippen LogP contribution is 2.40. The number of fused-ring (bicyclic) bond motifs is 1. The fourth-order valence-corrected chi connectivity index (χ4v) is 4.80. The number of ether oxygens (including phenoxy) is 1. The van der Waals surface area contributed by atoms with Crippen molar-refractivity contribution in [2.75, 3.05) is 7.11 Å². The van der Waals surface area contributed by atoms with Gasteiger partial charge in [0.25, 0.3) is 0 Å². The molecule has 2 aromatic carbocycles. The number of aliphatic imine (C=N–C) groups is 1. The summed E-state index contributed by atoms with van der Waals surface area (Å²) < 4.78 is 48.5. The Hall–Kier alpha value is -2.58. The van der Waals surface area contributed by atoms with Gasteiger partial charge in [-0.25, -0.2) is 14.4 Å². The van der Waals surface area contributed by atoms with Gasteiger partial charge in [0.2, 0.25) is 5.28 Å². The first-order chi connectivity index (χ1) is 15.3. The third-order valence-corrected chi connectivity index (χ3v) is 6.50. The van der Waals surface area contributed by atoms with E-state index in [2.05, 4.69) is 21.9 Å². The van der Waals surface area contributed by atoms with Gasteiger partial charge in [-0.1, -0.05) is 24.8 Å². The van der Waals surface area contributed by atoms with E-state index in [1.165, 1.54) is 17.3 Å². The number of alkyl halides is 2. The number of thioether (sulfide) groups is 1. The number of aromatic nitrogens is 2. The van der Waals surface area contributed by atoms with E-state index in [0.717, 1.165) is 52.4 Å². The summed E-state index contributed by atoms with van der Waals surface area (Å²) in [5.41, 5.74) is 0.189. The maximum absolute atomic E-state index is 15.0. The Kier molecular flexibility index (Phi) is 6.44. The van der Waals surface area contributed by atoms with Crippen LogP contribution in [0.5, 0.6) is 5.75 Å². The molecule has 4 rings (SSSR count). The fraction of sp³-hybridized carbons (Fsp3) is 0.261. The van der Waals surface area contributed by atoms with Crippen LogP contribution < -0.4 is 4.74 Å². The van der Waals surface area contributed by atoms with E-state index in [0.29, 0.717) is 12.3 Å². The van der Waals surface area contributed by atoms with Gasteiger partial charge in [0.15, 0.2) is 5.82 Å². The normalized spacial score (nSPS) is 17.7. The number of hydrogen-bond donors (Lipinski definition) is 0. The van der Waals surface area contributed by atoms with Crippen molar-refractivity contribution in [3.8, 4) is 5.75 Å². The molecule has 1 aliphatic heterocycles. The highest BCUT2D eigenvalue weighted by Gasteiger charge is 2.36. The van der Waals surface area contributed by atoms with Gasteiger partial charge in [-0.15, -0.1) is 0 Å². The molecule has 1 aliphatic rings. The molecule has 1 aromatic heterocycles. The molecule has 3 aromatic rings. The van der Waals surface area contributed by atoms with Gasteiger partial charge in [0.05, 0.1) is 12.2 Å². The Balaban J connectivity index is 1.70. The highest BCUT2D eigenvalue weighted by atomic mass is 35.5. The Bertz CT molecular complexity index is 1170. The molecule has 166 valence electrons. The summed E-state index contributed by atoms with van der Waals surface area (Å²) >= 11 is 7.41. The zero-order valence-corrected chi connectivity index (χ0v) is 18.9. The third kappa shape index (κ3) is 4.76. The van der Waals surface area contributed by atoms with E-state index in [1.807, 2.05) is 18.2 Å². The lowest BCUT2D eigenvalue weighted by molar-refractivity contribution is 0.0378. The van der Waals surface area contributed by atoms with E-state index < -0.39 is 23.0 Å². The molecule has 2 heterocycles. The molecule has 9 heteroatoms. The maximum atomic E-state index is 15.0. The highest BCUT2D eigenvalue weighted by molar-refractivity contribution is 8.14. The molecule has 0 saturated carbocycles. The largest absolute Gasteiger partial charge is 0.497 e. The van der Waals surface area contributed by atoms with Crippen molar-refractivity contribution in [2.24, 2.45) is 4.99 Å². The predicted octanol–water partition coefficient (Wildman–Crippen LogP) is 7.14. The first-order valence-electron chi connectivity index (χ1n) is 9.88. The van der Waals surface area contributed by atoms with Gasteiger partial charge in [0, 0.05) is 16.5 Å². The van der Waals surface area contributed by atoms with Crippen LogP contribution in [0.15, 0.2) is 58.4 Å². The molecule has 0 fully saturated rings. The fourth-order valence-electron chi connectivity index (χ4n) is 3.45. The van der Waals surface area contributed by atoms with Crippen LogP contribution in [0, 0.1) is 5.82 Å². The van der Waals surface area contributed by atoms with Crippen molar-refractivity contribution in [1.82, 2.24) is 9.97 Å². The van der Waals surface area contributed by atoms with Crippen molar-refractivity contribution in [3.05, 3.63) is 76.5 Å². The molecule has 1 unspecified atom stereocenters. The van der Waals surface area contributed by atoms with Crippen molar-refractivity contribution in [3.63, 3.8) is 0 Å². The average Bonchev–Trinajstić information content (AvgIpc) is 2.91. The van der Waals surface area contributed by atoms with Gasteiger partial charge in [0.1, 0.15) is 17.3 Å². The van der Waals surface area contributed by atoms with E-state index in [1.54, 1.807) is 7.11 Å². The lowest BCUT2D eigenvalue weighted by Crippen LogP contribution is -2.17. The van der Waals surface area contributed by atoms with Crippen LogP contribution in [0.2, 0.25) is 5.28 Å². The molecule has 0 N–H and O–H groups in total. The van der Waals surface area contributed by atoms with Crippen LogP contribution in [0.25, 0.3) is 0 Å². The average molecular weight is 478 g/mol. The molecule has 1 atom stereocenters. The second-order valence-electron chi connectivity index (χ2n) is 7.41. The number of hydrogen-bond acceptors (Lipinski definition) is 5.